The number of hydrogen-bond donors (Lipinski definition) is 1. The molecule has 0 spiro atoms. The van der Waals surface area contributed by atoms with Crippen LogP contribution in [-0.2, 0) is 20.7 Å². The summed E-state index contributed by atoms with van der Waals surface area (Å²) in [5, 5.41) is 2.55. The van der Waals surface area contributed by atoms with Crippen LogP contribution >= 0.6 is 0 Å². The third-order valence-electron chi connectivity index (χ3n) is 3.64. The Balaban J connectivity index is 1.37. The Morgan fingerprint density at radius 2 is 1.76 bits per heavy atom. The summed E-state index contributed by atoms with van der Waals surface area (Å²) in [6, 6.07) is 16.6. The van der Waals surface area contributed by atoms with Crippen molar-refractivity contribution >= 4 is 11.9 Å². The summed E-state index contributed by atoms with van der Waals surface area (Å²) >= 11 is 0. The quantitative estimate of drug-likeness (QED) is 0.810. The summed E-state index contributed by atoms with van der Waals surface area (Å²) in [5.41, 5.74) is 0.889. The molecule has 1 atom stereocenters. The van der Waals surface area contributed by atoms with Crippen LogP contribution in [0.3, 0.4) is 0 Å². The van der Waals surface area contributed by atoms with Gasteiger partial charge in [-0.2, -0.15) is 0 Å². The average Bonchev–Trinajstić information content (AvgIpc) is 2.65. The Morgan fingerprint density at radius 1 is 1.04 bits per heavy atom. The van der Waals surface area contributed by atoms with Crippen molar-refractivity contribution in [2.24, 2.45) is 0 Å². The highest BCUT2D eigenvalue weighted by Crippen LogP contribution is 2.30. The summed E-state index contributed by atoms with van der Waals surface area (Å²) in [6.45, 7) is 0.211. The molecule has 0 bridgehead atoms. The topological polar surface area (TPSA) is 73.9 Å². The number of esters is 1. The minimum atomic E-state index is -0.510. The van der Waals surface area contributed by atoms with Crippen molar-refractivity contribution in [3.8, 4) is 11.5 Å². The number of amides is 1. The number of carbonyl (C=O) groups is 2. The Bertz CT molecular complexity index is 732. The lowest BCUT2D eigenvalue weighted by Crippen LogP contribution is -2.37. The van der Waals surface area contributed by atoms with Crippen LogP contribution < -0.4 is 14.8 Å². The van der Waals surface area contributed by atoms with Gasteiger partial charge in [0.2, 0.25) is 5.91 Å². The minimum absolute atomic E-state index is 0.0712. The predicted molar refractivity (Wildman–Crippen MR) is 90.5 cm³/mol. The highest BCUT2D eigenvalue weighted by atomic mass is 16.6. The Hall–Kier alpha value is -3.02. The van der Waals surface area contributed by atoms with Gasteiger partial charge in [0.05, 0.1) is 6.42 Å². The fourth-order valence-electron chi connectivity index (χ4n) is 2.40. The molecule has 0 aliphatic carbocycles. The molecule has 0 radical (unpaired) electrons. The summed E-state index contributed by atoms with van der Waals surface area (Å²) < 4.78 is 16.4. The number of benzene rings is 2. The van der Waals surface area contributed by atoms with Gasteiger partial charge in [0.15, 0.2) is 17.6 Å². The fourth-order valence-corrected chi connectivity index (χ4v) is 2.40. The second kappa shape index (κ2) is 8.19. The van der Waals surface area contributed by atoms with Gasteiger partial charge in [0.1, 0.15) is 19.8 Å². The molecular weight excluding hydrogens is 322 g/mol. The molecule has 0 fully saturated rings. The summed E-state index contributed by atoms with van der Waals surface area (Å²) in [7, 11) is 0. The van der Waals surface area contributed by atoms with Gasteiger partial charge in [-0.15, -0.1) is 0 Å². The third-order valence-corrected chi connectivity index (χ3v) is 3.64. The van der Waals surface area contributed by atoms with E-state index in [2.05, 4.69) is 5.32 Å². The van der Waals surface area contributed by atoms with Crippen LogP contribution in [0.25, 0.3) is 0 Å². The molecule has 1 aliphatic rings. The first-order chi connectivity index (χ1) is 12.2. The maximum absolute atomic E-state index is 11.8. The Kier molecular flexibility index (Phi) is 5.51. The second-order valence-corrected chi connectivity index (χ2v) is 5.62. The minimum Gasteiger partial charge on any atom is -0.486 e. The fraction of sp³-hybridized carbons (Fsp3) is 0.263. The lowest BCUT2D eigenvalue weighted by atomic mass is 10.1. The number of fused-ring (bicyclic) bond motifs is 1. The first-order valence-electron chi connectivity index (χ1n) is 8.05. The van der Waals surface area contributed by atoms with Crippen LogP contribution in [0.15, 0.2) is 54.6 Å². The normalized spacial score (nSPS) is 15.3. The zero-order valence-corrected chi connectivity index (χ0v) is 13.6. The maximum atomic E-state index is 11.8. The second-order valence-electron chi connectivity index (χ2n) is 5.62. The molecular formula is C19H19NO5. The van der Waals surface area contributed by atoms with Crippen LogP contribution in [0.2, 0.25) is 0 Å². The van der Waals surface area contributed by atoms with Crippen molar-refractivity contribution < 1.29 is 23.8 Å². The SMILES string of the molecule is O=C(Cc1ccccc1)NCC(=O)OC[C@H]1COc2ccccc2O1. The van der Waals surface area contributed by atoms with E-state index in [9.17, 15) is 9.59 Å². The molecule has 2 aromatic carbocycles. The molecule has 0 saturated carbocycles. The highest BCUT2D eigenvalue weighted by molar-refractivity contribution is 5.83. The standard InChI is InChI=1S/C19H19NO5/c21-18(10-14-6-2-1-3-7-14)20-11-19(22)24-13-15-12-23-16-8-4-5-9-17(16)25-15/h1-9,15H,10-13H2,(H,20,21)/t15-/m1/s1. The van der Waals surface area contributed by atoms with E-state index in [1.54, 1.807) is 6.07 Å². The first kappa shape index (κ1) is 16.8. The van der Waals surface area contributed by atoms with Gasteiger partial charge in [0, 0.05) is 0 Å². The van der Waals surface area contributed by atoms with E-state index >= 15 is 0 Å². The van der Waals surface area contributed by atoms with Crippen molar-refractivity contribution in [1.82, 2.24) is 5.32 Å². The van der Waals surface area contributed by atoms with Gasteiger partial charge in [-0.05, 0) is 17.7 Å². The summed E-state index contributed by atoms with van der Waals surface area (Å²) in [5.74, 6) is 0.572. The van der Waals surface area contributed by atoms with E-state index in [0.717, 1.165) is 5.56 Å². The third kappa shape index (κ3) is 4.97. The molecule has 1 N–H and O–H groups in total. The molecule has 25 heavy (non-hydrogen) atoms. The van der Waals surface area contributed by atoms with Gasteiger partial charge in [-0.3, -0.25) is 9.59 Å². The summed E-state index contributed by atoms with van der Waals surface area (Å²) in [4.78, 5) is 23.6. The monoisotopic (exact) mass is 341 g/mol. The van der Waals surface area contributed by atoms with Gasteiger partial charge in [0.25, 0.3) is 0 Å². The Morgan fingerprint density at radius 3 is 2.56 bits per heavy atom. The molecule has 130 valence electrons. The first-order valence-corrected chi connectivity index (χ1v) is 8.05. The van der Waals surface area contributed by atoms with E-state index in [-0.39, 0.29) is 31.6 Å². The van der Waals surface area contributed by atoms with Crippen LogP contribution in [0.1, 0.15) is 5.56 Å². The van der Waals surface area contributed by atoms with E-state index in [1.807, 2.05) is 48.5 Å². The molecule has 2 aromatic rings. The lowest BCUT2D eigenvalue weighted by molar-refractivity contribution is -0.147. The number of rotatable bonds is 6. The number of carbonyl (C=O) groups excluding carboxylic acids is 2. The van der Waals surface area contributed by atoms with Gasteiger partial charge >= 0.3 is 5.97 Å². The smallest absolute Gasteiger partial charge is 0.325 e. The maximum Gasteiger partial charge on any atom is 0.325 e. The van der Waals surface area contributed by atoms with Gasteiger partial charge in [-0.1, -0.05) is 42.5 Å². The largest absolute Gasteiger partial charge is 0.486 e. The van der Waals surface area contributed by atoms with Crippen molar-refractivity contribution in [1.29, 1.82) is 0 Å². The van der Waals surface area contributed by atoms with E-state index in [0.29, 0.717) is 18.1 Å². The molecule has 0 aromatic heterocycles. The van der Waals surface area contributed by atoms with Crippen molar-refractivity contribution in [3.05, 3.63) is 60.2 Å². The number of hydrogen-bond acceptors (Lipinski definition) is 5. The molecule has 1 aliphatic heterocycles. The van der Waals surface area contributed by atoms with Gasteiger partial charge < -0.3 is 19.5 Å². The number of ether oxygens (including phenoxy) is 3. The van der Waals surface area contributed by atoms with Crippen LogP contribution in [0.5, 0.6) is 11.5 Å². The van der Waals surface area contributed by atoms with E-state index in [1.165, 1.54) is 0 Å². The van der Waals surface area contributed by atoms with E-state index in [4.69, 9.17) is 14.2 Å². The summed E-state index contributed by atoms with van der Waals surface area (Å²) in [6.07, 6.45) is -0.135. The number of nitrogens with one attached hydrogen (secondary N) is 1. The molecule has 3 rings (SSSR count). The van der Waals surface area contributed by atoms with Crippen LogP contribution in [-0.4, -0.2) is 37.7 Å². The molecule has 0 saturated heterocycles. The molecule has 6 nitrogen and oxygen atoms in total. The zero-order chi connectivity index (χ0) is 17.5. The van der Waals surface area contributed by atoms with Crippen molar-refractivity contribution in [2.75, 3.05) is 19.8 Å². The van der Waals surface area contributed by atoms with E-state index < -0.39 is 5.97 Å². The van der Waals surface area contributed by atoms with Crippen molar-refractivity contribution in [2.45, 2.75) is 12.5 Å². The lowest BCUT2D eigenvalue weighted by Gasteiger charge is -2.26. The zero-order valence-electron chi connectivity index (χ0n) is 13.6. The molecule has 0 unspecified atom stereocenters. The van der Waals surface area contributed by atoms with Crippen molar-refractivity contribution in [3.63, 3.8) is 0 Å². The Labute approximate surface area is 145 Å². The average molecular weight is 341 g/mol. The van der Waals surface area contributed by atoms with Crippen LogP contribution in [0, 0.1) is 0 Å². The highest BCUT2D eigenvalue weighted by Gasteiger charge is 2.22. The molecule has 6 heteroatoms. The molecule has 1 heterocycles. The predicted octanol–water partition coefficient (Wildman–Crippen LogP) is 1.73. The van der Waals surface area contributed by atoms with Crippen LogP contribution in [0.4, 0.5) is 0 Å². The molecule has 1 amide bonds. The van der Waals surface area contributed by atoms with Gasteiger partial charge in [-0.25, -0.2) is 0 Å². The number of para-hydroxylation sites is 2.